The second-order valence-corrected chi connectivity index (χ2v) is 9.04. The molecule has 8 heteroatoms. The third-order valence-corrected chi connectivity index (χ3v) is 6.95. The molecule has 0 fully saturated rings. The molecule has 1 amide bonds. The fourth-order valence-corrected chi connectivity index (χ4v) is 5.25. The molecule has 31 heavy (non-hydrogen) atoms. The Morgan fingerprint density at radius 1 is 1.23 bits per heavy atom. The molecule has 0 spiro atoms. The zero-order chi connectivity index (χ0) is 22.3. The summed E-state index contributed by atoms with van der Waals surface area (Å²) in [6, 6.07) is 9.64. The van der Waals surface area contributed by atoms with Crippen LogP contribution >= 0.6 is 23.4 Å². The number of nitrogens with one attached hydrogen (secondary N) is 1. The van der Waals surface area contributed by atoms with Crippen LogP contribution in [-0.4, -0.2) is 31.5 Å². The summed E-state index contributed by atoms with van der Waals surface area (Å²) in [6.45, 7) is 8.23. The number of carbonyl (C=O) groups excluding carboxylic acids is 1. The monoisotopic (exact) mass is 453 g/mol. The molecule has 0 saturated heterocycles. The lowest BCUT2D eigenvalue weighted by molar-refractivity contribution is -0.114. The van der Waals surface area contributed by atoms with Gasteiger partial charge in [0.1, 0.15) is 5.04 Å². The normalized spacial score (nSPS) is 17.5. The van der Waals surface area contributed by atoms with Crippen molar-refractivity contribution in [2.75, 3.05) is 0 Å². The highest BCUT2D eigenvalue weighted by Gasteiger charge is 2.37. The highest BCUT2D eigenvalue weighted by molar-refractivity contribution is 8.27. The van der Waals surface area contributed by atoms with Gasteiger partial charge in [-0.25, -0.2) is 0 Å². The number of hydrazone groups is 1. The number of hydrogen-bond donors (Lipinski definition) is 1. The third kappa shape index (κ3) is 3.88. The fraction of sp³-hybridized carbons (Fsp3) is 0.304. The third-order valence-electron chi connectivity index (χ3n) is 5.64. The van der Waals surface area contributed by atoms with Crippen molar-refractivity contribution < 1.29 is 4.79 Å². The molecule has 0 atom stereocenters. The fourth-order valence-electron chi connectivity index (χ4n) is 3.91. The van der Waals surface area contributed by atoms with Gasteiger partial charge in [0.25, 0.3) is 5.91 Å². The van der Waals surface area contributed by atoms with Gasteiger partial charge in [-0.3, -0.25) is 10.2 Å². The Morgan fingerprint density at radius 2 is 1.97 bits per heavy atom. The van der Waals surface area contributed by atoms with Gasteiger partial charge in [-0.2, -0.15) is 15.1 Å². The number of aromatic nitrogens is 1. The van der Waals surface area contributed by atoms with Crippen LogP contribution in [0.2, 0.25) is 5.02 Å². The maximum atomic E-state index is 12.8. The van der Waals surface area contributed by atoms with Crippen molar-refractivity contribution in [3.8, 4) is 5.69 Å². The van der Waals surface area contributed by atoms with E-state index in [0.717, 1.165) is 40.5 Å². The zero-order valence-corrected chi connectivity index (χ0v) is 19.5. The molecule has 1 aromatic carbocycles. The van der Waals surface area contributed by atoms with Crippen LogP contribution < -0.4 is 0 Å². The lowest BCUT2D eigenvalue weighted by atomic mass is 10.1. The van der Waals surface area contributed by atoms with Crippen LogP contribution in [0.15, 0.2) is 46.0 Å². The topological polar surface area (TPSA) is 73.8 Å². The summed E-state index contributed by atoms with van der Waals surface area (Å²) in [5, 5.41) is 16.8. The second-order valence-electron chi connectivity index (χ2n) is 7.61. The van der Waals surface area contributed by atoms with Gasteiger partial charge in [-0.15, -0.1) is 0 Å². The van der Waals surface area contributed by atoms with Gasteiger partial charge in [-0.1, -0.05) is 31.5 Å². The summed E-state index contributed by atoms with van der Waals surface area (Å²) in [5.74, 6) is -0.0291. The first-order valence-corrected chi connectivity index (χ1v) is 11.5. The number of nitrogens with zero attached hydrogens (tertiary/aromatic N) is 4. The van der Waals surface area contributed by atoms with Gasteiger partial charge in [0.05, 0.1) is 5.57 Å². The quantitative estimate of drug-likeness (QED) is 0.581. The average molecular weight is 454 g/mol. The Bertz CT molecular complexity index is 1170. The van der Waals surface area contributed by atoms with Gasteiger partial charge in [0.15, 0.2) is 5.84 Å². The minimum atomic E-state index is -0.405. The number of amidine groups is 2. The number of benzene rings is 1. The molecule has 0 aliphatic carbocycles. The maximum Gasteiger partial charge on any atom is 0.283 e. The van der Waals surface area contributed by atoms with Crippen LogP contribution in [0.1, 0.15) is 43.6 Å². The standard InChI is InChI=1S/C23H24ClN5OS/c1-5-15(6-2)22-27-29-20(25)19(21(30)26-23(29)31-22)11-16-10-13(3)28(14(16)4)18-9-7-8-17(24)12-18/h7-12,15,25H,5-6H2,1-4H3/b19-11+,25-20?. The number of carbonyl (C=O) groups is 1. The Morgan fingerprint density at radius 3 is 2.65 bits per heavy atom. The van der Waals surface area contributed by atoms with Crippen LogP contribution in [-0.2, 0) is 4.79 Å². The van der Waals surface area contributed by atoms with Gasteiger partial charge in [-0.05, 0) is 74.4 Å². The van der Waals surface area contributed by atoms with Crippen molar-refractivity contribution in [3.05, 3.63) is 57.9 Å². The largest absolute Gasteiger partial charge is 0.318 e. The van der Waals surface area contributed by atoms with Crippen LogP contribution in [0.25, 0.3) is 11.8 Å². The highest BCUT2D eigenvalue weighted by Crippen LogP contribution is 2.33. The van der Waals surface area contributed by atoms with Gasteiger partial charge in [0, 0.05) is 28.0 Å². The van der Waals surface area contributed by atoms with E-state index in [4.69, 9.17) is 17.0 Å². The molecule has 0 bridgehead atoms. The van der Waals surface area contributed by atoms with Crippen molar-refractivity contribution in [2.45, 2.75) is 40.5 Å². The van der Waals surface area contributed by atoms with Crippen molar-refractivity contribution in [1.29, 1.82) is 5.41 Å². The summed E-state index contributed by atoms with van der Waals surface area (Å²) >= 11 is 7.57. The average Bonchev–Trinajstić information content (AvgIpc) is 3.26. The van der Waals surface area contributed by atoms with E-state index in [1.54, 1.807) is 6.08 Å². The Labute approximate surface area is 191 Å². The van der Waals surface area contributed by atoms with Crippen molar-refractivity contribution in [3.63, 3.8) is 0 Å². The Hall–Kier alpha value is -2.64. The molecular weight excluding hydrogens is 430 g/mol. The SMILES string of the molecule is CCC(CC)C1=NN2C(=N)/C(=C\c3cc(C)n(-c4cccc(Cl)c4)c3C)C(=O)N=C2S1. The molecule has 2 aromatic rings. The van der Waals surface area contributed by atoms with Crippen LogP contribution in [0.3, 0.4) is 0 Å². The number of rotatable bonds is 5. The molecule has 6 nitrogen and oxygen atoms in total. The molecule has 1 aromatic heterocycles. The van der Waals surface area contributed by atoms with E-state index in [-0.39, 0.29) is 11.4 Å². The van der Waals surface area contributed by atoms with E-state index >= 15 is 0 Å². The number of fused-ring (bicyclic) bond motifs is 1. The first-order chi connectivity index (χ1) is 14.8. The molecule has 4 rings (SSSR count). The minimum Gasteiger partial charge on any atom is -0.318 e. The molecule has 3 heterocycles. The van der Waals surface area contributed by atoms with Crippen molar-refractivity contribution in [1.82, 2.24) is 9.58 Å². The smallest absolute Gasteiger partial charge is 0.283 e. The summed E-state index contributed by atoms with van der Waals surface area (Å²) in [5.41, 5.74) is 4.02. The molecule has 0 saturated carbocycles. The highest BCUT2D eigenvalue weighted by atomic mass is 35.5. The van der Waals surface area contributed by atoms with Crippen LogP contribution in [0, 0.1) is 25.2 Å². The summed E-state index contributed by atoms with van der Waals surface area (Å²) in [7, 11) is 0. The van der Waals surface area contributed by atoms with E-state index in [9.17, 15) is 4.79 Å². The number of aryl methyl sites for hydroxylation is 1. The van der Waals surface area contributed by atoms with Gasteiger partial charge < -0.3 is 4.57 Å². The van der Waals surface area contributed by atoms with Crippen LogP contribution in [0.4, 0.5) is 0 Å². The van der Waals surface area contributed by atoms with E-state index < -0.39 is 5.91 Å². The number of hydrogen-bond acceptors (Lipinski definition) is 4. The predicted molar refractivity (Wildman–Crippen MR) is 129 cm³/mol. The predicted octanol–water partition coefficient (Wildman–Crippen LogP) is 5.80. The first-order valence-electron chi connectivity index (χ1n) is 10.3. The van der Waals surface area contributed by atoms with Crippen molar-refractivity contribution >= 4 is 51.4 Å². The van der Waals surface area contributed by atoms with E-state index in [2.05, 4.69) is 28.5 Å². The molecule has 1 N–H and O–H groups in total. The molecule has 2 aliphatic rings. The Balaban J connectivity index is 1.71. The minimum absolute atomic E-state index is 0.0658. The van der Waals surface area contributed by atoms with Gasteiger partial charge in [0.2, 0.25) is 5.17 Å². The number of aliphatic imine (C=N–C) groups is 1. The number of amides is 1. The lowest BCUT2D eigenvalue weighted by Crippen LogP contribution is -2.35. The maximum absolute atomic E-state index is 12.8. The summed E-state index contributed by atoms with van der Waals surface area (Å²) < 4.78 is 2.08. The molecular formula is C23H24ClN5OS. The molecule has 0 radical (unpaired) electrons. The zero-order valence-electron chi connectivity index (χ0n) is 17.9. The van der Waals surface area contributed by atoms with Gasteiger partial charge >= 0.3 is 0 Å². The summed E-state index contributed by atoms with van der Waals surface area (Å²) in [6.07, 6.45) is 3.66. The van der Waals surface area contributed by atoms with Crippen molar-refractivity contribution in [2.24, 2.45) is 16.0 Å². The van der Waals surface area contributed by atoms with Crippen LogP contribution in [0.5, 0.6) is 0 Å². The second kappa shape index (κ2) is 8.48. The molecule has 160 valence electrons. The lowest BCUT2D eigenvalue weighted by Gasteiger charge is -2.20. The Kier molecular flexibility index (Phi) is 5.90. The number of halogens is 1. The molecule has 2 aliphatic heterocycles. The first kappa shape index (κ1) is 21.6. The summed E-state index contributed by atoms with van der Waals surface area (Å²) in [4.78, 5) is 17.0. The van der Waals surface area contributed by atoms with E-state index in [0.29, 0.717) is 16.1 Å². The molecule has 0 unspecified atom stereocenters. The van der Waals surface area contributed by atoms with E-state index in [1.165, 1.54) is 16.8 Å². The van der Waals surface area contributed by atoms with E-state index in [1.807, 2.05) is 44.2 Å². The number of thioether (sulfide) groups is 1.